The Kier molecular flexibility index (Phi) is 4.80. The molecule has 2 rings (SSSR count). The Morgan fingerprint density at radius 1 is 1.53 bits per heavy atom. The summed E-state index contributed by atoms with van der Waals surface area (Å²) in [6.07, 6.45) is 2.08. The molecule has 3 N–H and O–H groups in total. The number of aliphatic hydroxyl groups excluding tert-OH is 1. The number of anilines is 1. The third-order valence-electron chi connectivity index (χ3n) is 3.50. The Hall–Kier alpha value is -1.55. The number of nitrogens with one attached hydrogen (secondary N) is 2. The molecule has 1 aromatic carbocycles. The molecule has 19 heavy (non-hydrogen) atoms. The van der Waals surface area contributed by atoms with Crippen molar-refractivity contribution in [2.75, 3.05) is 18.4 Å². The standard InChI is InChI=1S/C15H22N2O2/c1-11(18)5-4-9-17-15(19)13-8-10-16-14-7-3-2-6-12(13)14/h2-3,6-7,11,13,16,18H,4-5,8-10H2,1H3,(H,17,19). The van der Waals surface area contributed by atoms with E-state index in [1.54, 1.807) is 6.92 Å². The highest BCUT2D eigenvalue weighted by Gasteiger charge is 2.25. The fraction of sp³-hybridized carbons (Fsp3) is 0.533. The number of rotatable bonds is 5. The first-order valence-electron chi connectivity index (χ1n) is 6.97. The molecular weight excluding hydrogens is 240 g/mol. The Labute approximate surface area is 114 Å². The molecule has 2 atom stereocenters. The molecule has 1 aromatic rings. The summed E-state index contributed by atoms with van der Waals surface area (Å²) in [5.74, 6) is 0.0449. The summed E-state index contributed by atoms with van der Waals surface area (Å²) in [7, 11) is 0. The van der Waals surface area contributed by atoms with E-state index in [-0.39, 0.29) is 17.9 Å². The van der Waals surface area contributed by atoms with Gasteiger partial charge in [-0.3, -0.25) is 4.79 Å². The smallest absolute Gasteiger partial charge is 0.227 e. The van der Waals surface area contributed by atoms with Gasteiger partial charge in [-0.2, -0.15) is 0 Å². The number of carbonyl (C=O) groups is 1. The Balaban J connectivity index is 1.90. The first kappa shape index (κ1) is 13.9. The number of para-hydroxylation sites is 1. The van der Waals surface area contributed by atoms with E-state index in [0.717, 1.165) is 37.1 Å². The molecule has 104 valence electrons. The molecule has 1 aliphatic rings. The highest BCUT2D eigenvalue weighted by Crippen LogP contribution is 2.31. The maximum absolute atomic E-state index is 12.2. The zero-order valence-corrected chi connectivity index (χ0v) is 11.4. The third-order valence-corrected chi connectivity index (χ3v) is 3.50. The second-order valence-electron chi connectivity index (χ2n) is 5.14. The van der Waals surface area contributed by atoms with Gasteiger partial charge in [-0.1, -0.05) is 18.2 Å². The van der Waals surface area contributed by atoms with Gasteiger partial charge in [-0.05, 0) is 37.8 Å². The fourth-order valence-corrected chi connectivity index (χ4v) is 2.47. The molecule has 1 heterocycles. The van der Waals surface area contributed by atoms with Crippen molar-refractivity contribution >= 4 is 11.6 Å². The summed E-state index contributed by atoms with van der Waals surface area (Å²) >= 11 is 0. The summed E-state index contributed by atoms with van der Waals surface area (Å²) in [5.41, 5.74) is 2.15. The first-order chi connectivity index (χ1) is 9.18. The van der Waals surface area contributed by atoms with Crippen LogP contribution in [-0.2, 0) is 4.79 Å². The van der Waals surface area contributed by atoms with Gasteiger partial charge in [-0.15, -0.1) is 0 Å². The van der Waals surface area contributed by atoms with E-state index in [9.17, 15) is 9.90 Å². The summed E-state index contributed by atoms with van der Waals surface area (Å²) in [4.78, 5) is 12.2. The lowest BCUT2D eigenvalue weighted by atomic mass is 9.90. The van der Waals surface area contributed by atoms with E-state index in [1.807, 2.05) is 24.3 Å². The van der Waals surface area contributed by atoms with Crippen molar-refractivity contribution in [1.82, 2.24) is 5.32 Å². The van der Waals surface area contributed by atoms with Gasteiger partial charge in [0.1, 0.15) is 0 Å². The van der Waals surface area contributed by atoms with E-state index < -0.39 is 0 Å². The normalized spacial score (nSPS) is 19.2. The van der Waals surface area contributed by atoms with E-state index in [0.29, 0.717) is 6.54 Å². The summed E-state index contributed by atoms with van der Waals surface area (Å²) in [6, 6.07) is 7.98. The Morgan fingerprint density at radius 2 is 2.32 bits per heavy atom. The SMILES string of the molecule is CC(O)CCCNC(=O)C1CCNc2ccccc21. The lowest BCUT2D eigenvalue weighted by molar-refractivity contribution is -0.122. The van der Waals surface area contributed by atoms with E-state index in [4.69, 9.17) is 0 Å². The Morgan fingerprint density at radius 3 is 3.11 bits per heavy atom. The highest BCUT2D eigenvalue weighted by molar-refractivity contribution is 5.86. The molecule has 0 aliphatic carbocycles. The van der Waals surface area contributed by atoms with Crippen LogP contribution in [0.2, 0.25) is 0 Å². The van der Waals surface area contributed by atoms with Crippen LogP contribution in [0.1, 0.15) is 37.7 Å². The van der Waals surface area contributed by atoms with Crippen LogP contribution in [0.3, 0.4) is 0 Å². The van der Waals surface area contributed by atoms with Crippen LogP contribution < -0.4 is 10.6 Å². The molecule has 4 heteroatoms. The van der Waals surface area contributed by atoms with Crippen molar-refractivity contribution < 1.29 is 9.90 Å². The topological polar surface area (TPSA) is 61.4 Å². The van der Waals surface area contributed by atoms with Crippen LogP contribution in [0, 0.1) is 0 Å². The molecule has 0 saturated heterocycles. The molecule has 0 saturated carbocycles. The van der Waals surface area contributed by atoms with Crippen LogP contribution >= 0.6 is 0 Å². The fourth-order valence-electron chi connectivity index (χ4n) is 2.47. The minimum atomic E-state index is -0.295. The maximum Gasteiger partial charge on any atom is 0.227 e. The minimum absolute atomic E-state index is 0.0519. The van der Waals surface area contributed by atoms with Crippen molar-refractivity contribution in [2.45, 2.75) is 38.2 Å². The molecule has 0 bridgehead atoms. The molecule has 2 unspecified atom stereocenters. The lowest BCUT2D eigenvalue weighted by Crippen LogP contribution is -2.33. The number of benzene rings is 1. The largest absolute Gasteiger partial charge is 0.393 e. The van der Waals surface area contributed by atoms with Crippen LogP contribution in [0.5, 0.6) is 0 Å². The van der Waals surface area contributed by atoms with Crippen molar-refractivity contribution in [3.8, 4) is 0 Å². The molecule has 0 spiro atoms. The quantitative estimate of drug-likeness (QED) is 0.710. The van der Waals surface area contributed by atoms with Gasteiger partial charge >= 0.3 is 0 Å². The number of amides is 1. The number of fused-ring (bicyclic) bond motifs is 1. The predicted octanol–water partition coefficient (Wildman–Crippen LogP) is 1.86. The van der Waals surface area contributed by atoms with Gasteiger partial charge in [0.25, 0.3) is 0 Å². The van der Waals surface area contributed by atoms with Crippen molar-refractivity contribution in [2.24, 2.45) is 0 Å². The van der Waals surface area contributed by atoms with Gasteiger partial charge in [0, 0.05) is 18.8 Å². The number of carbonyl (C=O) groups excluding carboxylic acids is 1. The molecule has 0 radical (unpaired) electrons. The first-order valence-corrected chi connectivity index (χ1v) is 6.97. The van der Waals surface area contributed by atoms with Crippen molar-refractivity contribution in [3.05, 3.63) is 29.8 Å². The zero-order chi connectivity index (χ0) is 13.7. The highest BCUT2D eigenvalue weighted by atomic mass is 16.3. The average Bonchev–Trinajstić information content (AvgIpc) is 2.42. The van der Waals surface area contributed by atoms with Gasteiger partial charge in [-0.25, -0.2) is 0 Å². The van der Waals surface area contributed by atoms with Gasteiger partial charge in [0.05, 0.1) is 12.0 Å². The molecule has 1 aliphatic heterocycles. The Bertz CT molecular complexity index is 432. The monoisotopic (exact) mass is 262 g/mol. The molecule has 1 amide bonds. The van der Waals surface area contributed by atoms with Gasteiger partial charge < -0.3 is 15.7 Å². The average molecular weight is 262 g/mol. The molecular formula is C15H22N2O2. The predicted molar refractivity (Wildman–Crippen MR) is 76.2 cm³/mol. The van der Waals surface area contributed by atoms with E-state index in [2.05, 4.69) is 10.6 Å². The molecule has 4 nitrogen and oxygen atoms in total. The summed E-state index contributed by atoms with van der Waals surface area (Å²) in [5, 5.41) is 15.5. The van der Waals surface area contributed by atoms with Gasteiger partial charge in [0.15, 0.2) is 0 Å². The van der Waals surface area contributed by atoms with Crippen LogP contribution in [-0.4, -0.2) is 30.2 Å². The third kappa shape index (κ3) is 3.70. The number of hydrogen-bond donors (Lipinski definition) is 3. The van der Waals surface area contributed by atoms with Crippen molar-refractivity contribution in [1.29, 1.82) is 0 Å². The van der Waals surface area contributed by atoms with Crippen LogP contribution in [0.25, 0.3) is 0 Å². The lowest BCUT2D eigenvalue weighted by Gasteiger charge is -2.25. The maximum atomic E-state index is 12.2. The van der Waals surface area contributed by atoms with Crippen LogP contribution in [0.15, 0.2) is 24.3 Å². The second kappa shape index (κ2) is 6.57. The number of aliphatic hydroxyl groups is 1. The van der Waals surface area contributed by atoms with Crippen LogP contribution in [0.4, 0.5) is 5.69 Å². The molecule has 0 aromatic heterocycles. The minimum Gasteiger partial charge on any atom is -0.393 e. The number of hydrogen-bond acceptors (Lipinski definition) is 3. The molecule has 0 fully saturated rings. The van der Waals surface area contributed by atoms with E-state index in [1.165, 1.54) is 0 Å². The van der Waals surface area contributed by atoms with Crippen molar-refractivity contribution in [3.63, 3.8) is 0 Å². The summed E-state index contributed by atoms with van der Waals surface area (Å²) in [6.45, 7) is 3.24. The zero-order valence-electron chi connectivity index (χ0n) is 11.4. The summed E-state index contributed by atoms with van der Waals surface area (Å²) < 4.78 is 0. The van der Waals surface area contributed by atoms with Gasteiger partial charge in [0.2, 0.25) is 5.91 Å². The second-order valence-corrected chi connectivity index (χ2v) is 5.14. The van der Waals surface area contributed by atoms with E-state index >= 15 is 0 Å².